The van der Waals surface area contributed by atoms with Gasteiger partial charge in [0, 0.05) is 24.6 Å². The Balaban J connectivity index is 1.36. The van der Waals surface area contributed by atoms with Crippen molar-refractivity contribution in [2.24, 2.45) is 0 Å². The molecule has 9 heteroatoms. The number of carbonyl (C=O) groups excluding carboxylic acids is 1. The van der Waals surface area contributed by atoms with Crippen LogP contribution in [0.4, 0.5) is 4.39 Å². The molecule has 0 bridgehead atoms. The van der Waals surface area contributed by atoms with Gasteiger partial charge in [0.1, 0.15) is 17.2 Å². The third kappa shape index (κ3) is 3.71. The molecule has 1 fully saturated rings. The average molecular weight is 371 g/mol. The number of hydrogen-bond acceptors (Lipinski definition) is 7. The molecular formula is C18H18FN5O3. The van der Waals surface area contributed by atoms with E-state index in [9.17, 15) is 9.18 Å². The molecule has 1 aliphatic heterocycles. The molecule has 0 spiro atoms. The highest BCUT2D eigenvalue weighted by Gasteiger charge is 2.28. The number of nitrogens with zero attached hydrogens (tertiary/aromatic N) is 5. The lowest BCUT2D eigenvalue weighted by Crippen LogP contribution is -2.39. The number of benzene rings is 1. The predicted molar refractivity (Wildman–Crippen MR) is 91.0 cm³/mol. The van der Waals surface area contributed by atoms with Gasteiger partial charge in [-0.2, -0.15) is 4.98 Å². The van der Waals surface area contributed by atoms with Gasteiger partial charge < -0.3 is 9.42 Å². The summed E-state index contributed by atoms with van der Waals surface area (Å²) in [5, 5.41) is 11.4. The fourth-order valence-corrected chi connectivity index (χ4v) is 3.16. The summed E-state index contributed by atoms with van der Waals surface area (Å²) in [6, 6.07) is 5.96. The molecule has 0 atom stereocenters. The molecule has 1 aliphatic rings. The van der Waals surface area contributed by atoms with Crippen molar-refractivity contribution in [3.8, 4) is 11.4 Å². The van der Waals surface area contributed by atoms with E-state index in [1.807, 2.05) is 4.90 Å². The molecular weight excluding hydrogens is 353 g/mol. The van der Waals surface area contributed by atoms with Gasteiger partial charge in [0.05, 0.1) is 6.42 Å². The normalized spacial score (nSPS) is 15.3. The van der Waals surface area contributed by atoms with Crippen molar-refractivity contribution in [2.45, 2.75) is 32.1 Å². The summed E-state index contributed by atoms with van der Waals surface area (Å²) in [7, 11) is 0. The topological polar surface area (TPSA) is 98.2 Å². The minimum Gasteiger partial charge on any atom is -0.342 e. The Hall–Kier alpha value is -3.10. The molecule has 0 unspecified atom stereocenters. The first kappa shape index (κ1) is 17.3. The summed E-state index contributed by atoms with van der Waals surface area (Å²) in [6.45, 7) is 2.99. The van der Waals surface area contributed by atoms with Crippen LogP contribution in [-0.2, 0) is 11.2 Å². The fourth-order valence-electron chi connectivity index (χ4n) is 3.16. The number of halogens is 1. The van der Waals surface area contributed by atoms with Crippen LogP contribution < -0.4 is 0 Å². The number of aryl methyl sites for hydroxylation is 1. The van der Waals surface area contributed by atoms with E-state index in [0.717, 1.165) is 12.8 Å². The van der Waals surface area contributed by atoms with Crippen molar-refractivity contribution in [3.63, 3.8) is 0 Å². The highest BCUT2D eigenvalue weighted by molar-refractivity contribution is 5.78. The van der Waals surface area contributed by atoms with Gasteiger partial charge in [0.15, 0.2) is 0 Å². The third-order valence-corrected chi connectivity index (χ3v) is 4.81. The molecule has 4 rings (SSSR count). The SMILES string of the molecule is Cc1nonc1CC(=O)N1CCC(c2nc(-c3ccc(F)cc3)no2)CC1. The van der Waals surface area contributed by atoms with Gasteiger partial charge in [-0.15, -0.1) is 0 Å². The third-order valence-electron chi connectivity index (χ3n) is 4.81. The highest BCUT2D eigenvalue weighted by Crippen LogP contribution is 2.28. The number of carbonyl (C=O) groups is 1. The second-order valence-electron chi connectivity index (χ2n) is 6.59. The Bertz CT molecular complexity index is 929. The summed E-state index contributed by atoms with van der Waals surface area (Å²) >= 11 is 0. The zero-order valence-electron chi connectivity index (χ0n) is 14.8. The molecule has 1 amide bonds. The van der Waals surface area contributed by atoms with Gasteiger partial charge in [-0.05, 0) is 44.0 Å². The summed E-state index contributed by atoms with van der Waals surface area (Å²) in [4.78, 5) is 18.7. The van der Waals surface area contributed by atoms with Gasteiger partial charge in [-0.1, -0.05) is 15.5 Å². The number of rotatable bonds is 4. The van der Waals surface area contributed by atoms with Crippen molar-refractivity contribution in [2.75, 3.05) is 13.1 Å². The quantitative estimate of drug-likeness (QED) is 0.695. The molecule has 1 aromatic carbocycles. The fraction of sp³-hybridized carbons (Fsp3) is 0.389. The number of piperidine rings is 1. The smallest absolute Gasteiger partial charge is 0.230 e. The molecule has 27 heavy (non-hydrogen) atoms. The van der Waals surface area contributed by atoms with E-state index in [1.165, 1.54) is 12.1 Å². The maximum atomic E-state index is 13.0. The second kappa shape index (κ2) is 7.26. The van der Waals surface area contributed by atoms with E-state index in [0.29, 0.717) is 41.8 Å². The van der Waals surface area contributed by atoms with Crippen molar-refractivity contribution in [1.82, 2.24) is 25.4 Å². The maximum absolute atomic E-state index is 13.0. The largest absolute Gasteiger partial charge is 0.342 e. The maximum Gasteiger partial charge on any atom is 0.230 e. The molecule has 140 valence electrons. The molecule has 0 saturated carbocycles. The molecule has 3 heterocycles. The zero-order chi connectivity index (χ0) is 18.8. The molecule has 0 radical (unpaired) electrons. The monoisotopic (exact) mass is 371 g/mol. The Morgan fingerprint density at radius 1 is 1.19 bits per heavy atom. The summed E-state index contributed by atoms with van der Waals surface area (Å²) in [5.41, 5.74) is 1.91. The van der Waals surface area contributed by atoms with E-state index in [2.05, 4.69) is 25.1 Å². The van der Waals surface area contributed by atoms with Gasteiger partial charge >= 0.3 is 0 Å². The second-order valence-corrected chi connectivity index (χ2v) is 6.59. The predicted octanol–water partition coefficient (Wildman–Crippen LogP) is 2.52. The van der Waals surface area contributed by atoms with Gasteiger partial charge in [0.25, 0.3) is 0 Å². The first-order valence-corrected chi connectivity index (χ1v) is 8.75. The molecule has 0 aliphatic carbocycles. The van der Waals surface area contributed by atoms with Gasteiger partial charge in [-0.3, -0.25) is 4.79 Å². The van der Waals surface area contributed by atoms with Crippen LogP contribution in [0, 0.1) is 12.7 Å². The first-order chi connectivity index (χ1) is 13.1. The molecule has 3 aromatic rings. The van der Waals surface area contributed by atoms with Crippen LogP contribution in [0.1, 0.15) is 36.0 Å². The first-order valence-electron chi connectivity index (χ1n) is 8.75. The minimum atomic E-state index is -0.309. The Labute approximate surface area is 154 Å². The van der Waals surface area contributed by atoms with E-state index in [1.54, 1.807) is 19.1 Å². The standard InChI is InChI=1S/C18H18FN5O3/c1-11-15(22-27-21-11)10-16(25)24-8-6-13(7-9-24)18-20-17(23-26-18)12-2-4-14(19)5-3-12/h2-5,13H,6-10H2,1H3. The summed E-state index contributed by atoms with van der Waals surface area (Å²) < 4.78 is 23.1. The summed E-state index contributed by atoms with van der Waals surface area (Å²) in [6.07, 6.45) is 1.68. The lowest BCUT2D eigenvalue weighted by Gasteiger charge is -2.30. The van der Waals surface area contributed by atoms with Crippen LogP contribution in [-0.4, -0.2) is 44.4 Å². The lowest BCUT2D eigenvalue weighted by atomic mass is 9.96. The lowest BCUT2D eigenvalue weighted by molar-refractivity contribution is -0.131. The minimum absolute atomic E-state index is 0.00443. The van der Waals surface area contributed by atoms with Crippen LogP contribution in [0.2, 0.25) is 0 Å². The number of amides is 1. The highest BCUT2D eigenvalue weighted by atomic mass is 19.1. The van der Waals surface area contributed by atoms with E-state index in [-0.39, 0.29) is 24.1 Å². The number of likely N-dealkylation sites (tertiary alicyclic amines) is 1. The Kier molecular flexibility index (Phi) is 4.66. The van der Waals surface area contributed by atoms with E-state index >= 15 is 0 Å². The van der Waals surface area contributed by atoms with Crippen molar-refractivity contribution < 1.29 is 18.3 Å². The number of aromatic nitrogens is 4. The van der Waals surface area contributed by atoms with Crippen molar-refractivity contribution in [3.05, 3.63) is 47.4 Å². The van der Waals surface area contributed by atoms with Crippen LogP contribution in [0.5, 0.6) is 0 Å². The average Bonchev–Trinajstić information content (AvgIpc) is 3.32. The molecule has 1 saturated heterocycles. The van der Waals surface area contributed by atoms with E-state index in [4.69, 9.17) is 4.52 Å². The van der Waals surface area contributed by atoms with Crippen LogP contribution in [0.25, 0.3) is 11.4 Å². The van der Waals surface area contributed by atoms with Crippen molar-refractivity contribution >= 4 is 5.91 Å². The summed E-state index contributed by atoms with van der Waals surface area (Å²) in [5.74, 6) is 0.794. The van der Waals surface area contributed by atoms with E-state index < -0.39 is 0 Å². The van der Waals surface area contributed by atoms with Crippen LogP contribution in [0.3, 0.4) is 0 Å². The van der Waals surface area contributed by atoms with Crippen LogP contribution in [0.15, 0.2) is 33.4 Å². The Morgan fingerprint density at radius 3 is 2.59 bits per heavy atom. The van der Waals surface area contributed by atoms with Gasteiger partial charge in [-0.25, -0.2) is 9.02 Å². The van der Waals surface area contributed by atoms with Gasteiger partial charge in [0.2, 0.25) is 17.6 Å². The number of hydrogen-bond donors (Lipinski definition) is 0. The molecule has 2 aromatic heterocycles. The van der Waals surface area contributed by atoms with Crippen LogP contribution >= 0.6 is 0 Å². The molecule has 8 nitrogen and oxygen atoms in total. The zero-order valence-corrected chi connectivity index (χ0v) is 14.8. The van der Waals surface area contributed by atoms with Crippen molar-refractivity contribution in [1.29, 1.82) is 0 Å². The molecule has 0 N–H and O–H groups in total. The Morgan fingerprint density at radius 2 is 1.93 bits per heavy atom.